The van der Waals surface area contributed by atoms with Gasteiger partial charge in [-0.05, 0) is 112 Å². The number of aliphatic hydroxyl groups excluding tert-OH is 2. The molecule has 0 spiro atoms. The Morgan fingerprint density at radius 2 is 1.20 bits per heavy atom. The molecule has 2 aliphatic heterocycles. The van der Waals surface area contributed by atoms with Crippen molar-refractivity contribution < 1.29 is 47.4 Å². The van der Waals surface area contributed by atoms with E-state index in [1.54, 1.807) is 13.8 Å². The summed E-state index contributed by atoms with van der Waals surface area (Å²) in [6.07, 6.45) is -1.16. The van der Waals surface area contributed by atoms with Crippen LogP contribution in [0, 0.1) is 13.8 Å². The molecule has 0 saturated carbocycles. The fourth-order valence-electron chi connectivity index (χ4n) is 6.31. The molecule has 5 heterocycles. The summed E-state index contributed by atoms with van der Waals surface area (Å²) in [6, 6.07) is 7.51. The van der Waals surface area contributed by atoms with Crippen molar-refractivity contribution in [3.63, 3.8) is 0 Å². The second-order valence-corrected chi connectivity index (χ2v) is 11.7. The van der Waals surface area contributed by atoms with Crippen LogP contribution in [0.15, 0.2) is 24.3 Å². The number of carbonyl (C=O) groups is 2. The van der Waals surface area contributed by atoms with E-state index in [-0.39, 0.29) is 43.0 Å². The molecule has 0 amide bonds. The molecule has 0 radical (unpaired) electrons. The maximum Gasteiger partial charge on any atom is 0.303 e. The third-order valence-electron chi connectivity index (χ3n) is 8.65. The van der Waals surface area contributed by atoms with Gasteiger partial charge in [0.1, 0.15) is 0 Å². The van der Waals surface area contributed by atoms with E-state index in [1.165, 1.54) is 0 Å². The van der Waals surface area contributed by atoms with Crippen molar-refractivity contribution in [2.45, 2.75) is 79.4 Å². The van der Waals surface area contributed by atoms with E-state index < -0.39 is 24.1 Å². The molecule has 0 fully saturated rings. The molecule has 6 N–H and O–H groups in total. The van der Waals surface area contributed by atoms with Crippen molar-refractivity contribution in [2.75, 3.05) is 0 Å². The van der Waals surface area contributed by atoms with Gasteiger partial charge in [-0.15, -0.1) is 0 Å². The fourth-order valence-corrected chi connectivity index (χ4v) is 6.31. The minimum atomic E-state index is -0.917. The maximum absolute atomic E-state index is 11.6. The number of fused-ring (bicyclic) bond motifs is 8. The Balaban J connectivity index is 0.00000461. The molecule has 2 aliphatic rings. The normalized spacial score (nSPS) is 14.4. The van der Waals surface area contributed by atoms with Gasteiger partial charge < -0.3 is 30.4 Å². The number of nitrogens with zero attached hydrogens (tertiary/aromatic N) is 2. The summed E-state index contributed by atoms with van der Waals surface area (Å²) in [5.74, 6) is -1.83. The predicted octanol–water partition coefficient (Wildman–Crippen LogP) is 6.11. The first-order chi connectivity index (χ1) is 20.8. The molecule has 2 atom stereocenters. The van der Waals surface area contributed by atoms with Crippen molar-refractivity contribution >= 4 is 56.3 Å². The van der Waals surface area contributed by atoms with Crippen LogP contribution in [0.2, 0.25) is 0 Å². The predicted molar refractivity (Wildman–Crippen MR) is 171 cm³/mol. The van der Waals surface area contributed by atoms with Gasteiger partial charge in [0.2, 0.25) is 0 Å². The summed E-state index contributed by atoms with van der Waals surface area (Å²) in [5, 5.41) is 40.5. The molecule has 5 rings (SSSR count). The Kier molecular flexibility index (Phi) is 9.90. The van der Waals surface area contributed by atoms with Gasteiger partial charge >= 0.3 is 11.9 Å². The van der Waals surface area contributed by atoms with Gasteiger partial charge in [0.05, 0.1) is 35.0 Å². The van der Waals surface area contributed by atoms with Gasteiger partial charge in [-0.2, -0.15) is 0 Å². The van der Waals surface area contributed by atoms with Gasteiger partial charge in [0.25, 0.3) is 0 Å². The van der Waals surface area contributed by atoms with Crippen molar-refractivity contribution in [3.05, 3.63) is 69.3 Å². The second kappa shape index (κ2) is 13.2. The summed E-state index contributed by atoms with van der Waals surface area (Å²) in [4.78, 5) is 39.8. The number of aromatic nitrogens is 4. The van der Waals surface area contributed by atoms with Gasteiger partial charge in [-0.3, -0.25) is 9.59 Å². The minimum absolute atomic E-state index is 0. The van der Waals surface area contributed by atoms with Crippen molar-refractivity contribution in [3.8, 4) is 0 Å². The monoisotopic (exact) mass is 650 g/mol. The first-order valence-electron chi connectivity index (χ1n) is 14.7. The van der Waals surface area contributed by atoms with E-state index >= 15 is 0 Å². The summed E-state index contributed by atoms with van der Waals surface area (Å²) in [5.41, 5.74) is 11.7. The molecule has 0 aromatic carbocycles. The van der Waals surface area contributed by atoms with Gasteiger partial charge in [0, 0.05) is 63.4 Å². The standard InChI is InChI=1S/C34H38N4O6.Cr/c1-15-21(7-9-31(41)42)27-14-28-22(8-10-32(43)44)16(2)24(36-28)12-29-34(20(6)40)18(4)26(38-29)13-30-33(19(5)39)17(3)25(37-30)11-23(15)35-27;/h11-14,19-20,35,38-40H,7-10H2,1-6H3,(H,41,42)(H,43,44);. The number of allylic oxidation sites excluding steroid dienone is 3. The zero-order valence-corrected chi connectivity index (χ0v) is 27.5. The van der Waals surface area contributed by atoms with Crippen molar-refractivity contribution in [2.24, 2.45) is 0 Å². The van der Waals surface area contributed by atoms with Crippen LogP contribution >= 0.6 is 0 Å². The second-order valence-electron chi connectivity index (χ2n) is 11.7. The topological polar surface area (TPSA) is 172 Å². The molecule has 236 valence electrons. The van der Waals surface area contributed by atoms with Gasteiger partial charge in [0.15, 0.2) is 0 Å². The van der Waals surface area contributed by atoms with Crippen LogP contribution in [0.5, 0.6) is 0 Å². The van der Waals surface area contributed by atoms with E-state index in [9.17, 15) is 30.0 Å². The average molecular weight is 651 g/mol. The number of aromatic amines is 2. The molecule has 8 bridgehead atoms. The van der Waals surface area contributed by atoms with Gasteiger partial charge in [-0.25, -0.2) is 9.97 Å². The average Bonchev–Trinajstić information content (AvgIpc) is 3.59. The third-order valence-corrected chi connectivity index (χ3v) is 8.65. The minimum Gasteiger partial charge on any atom is -0.481 e. The largest absolute Gasteiger partial charge is 0.481 e. The zero-order chi connectivity index (χ0) is 32.0. The number of hydrogen-bond donors (Lipinski definition) is 6. The Hall–Kier alpha value is -4.01. The van der Waals surface area contributed by atoms with E-state index in [0.717, 1.165) is 44.4 Å². The molecular formula is C34H38CrN4O6. The first kappa shape index (κ1) is 33.9. The third kappa shape index (κ3) is 6.53. The van der Waals surface area contributed by atoms with E-state index in [1.807, 2.05) is 52.0 Å². The Labute approximate surface area is 271 Å². The quantitative estimate of drug-likeness (QED) is 0.170. The summed E-state index contributed by atoms with van der Waals surface area (Å²) in [7, 11) is 0. The van der Waals surface area contributed by atoms with Crippen LogP contribution in [-0.4, -0.2) is 58.4 Å². The Morgan fingerprint density at radius 1 is 0.689 bits per heavy atom. The van der Waals surface area contributed by atoms with Crippen LogP contribution in [0.25, 0.3) is 44.4 Å². The molecule has 45 heavy (non-hydrogen) atoms. The van der Waals surface area contributed by atoms with E-state index in [4.69, 9.17) is 9.97 Å². The van der Waals surface area contributed by atoms with Crippen molar-refractivity contribution in [1.29, 1.82) is 0 Å². The van der Waals surface area contributed by atoms with E-state index in [2.05, 4.69) is 9.97 Å². The molecule has 2 unspecified atom stereocenters. The summed E-state index contributed by atoms with van der Waals surface area (Å²) >= 11 is 0. The van der Waals surface area contributed by atoms with Gasteiger partial charge in [-0.1, -0.05) is 0 Å². The number of H-pyrrole nitrogens is 2. The molecule has 3 aromatic heterocycles. The Morgan fingerprint density at radius 3 is 1.82 bits per heavy atom. The number of aliphatic carboxylic acids is 2. The SMILES string of the molecule is CC1=C(CCC(=O)O)c2cc3[nH]c(cc4nc(cc5[nH]c(cc1n2)c(C(C)O)c5C)C(C(C)O)=C4C)c(C)c3CCC(=O)O.[Cr]. The number of carboxylic acid groups (broad SMARTS) is 2. The summed E-state index contributed by atoms with van der Waals surface area (Å²) < 4.78 is 0. The number of hydrogen-bond acceptors (Lipinski definition) is 6. The number of rotatable bonds is 8. The molecular weight excluding hydrogens is 612 g/mol. The van der Waals surface area contributed by atoms with Crippen LogP contribution in [-0.2, 0) is 33.4 Å². The Bertz CT molecular complexity index is 1930. The van der Waals surface area contributed by atoms with Crippen LogP contribution < -0.4 is 0 Å². The molecule has 11 heteroatoms. The number of carboxylic acids is 2. The zero-order valence-electron chi connectivity index (χ0n) is 26.2. The number of nitrogens with one attached hydrogen (secondary N) is 2. The number of aryl methyl sites for hydroxylation is 3. The molecule has 3 aromatic rings. The smallest absolute Gasteiger partial charge is 0.303 e. The fraction of sp³-hybridized carbons (Fsp3) is 0.353. The maximum atomic E-state index is 11.6. The van der Waals surface area contributed by atoms with Crippen LogP contribution in [0.3, 0.4) is 0 Å². The number of aliphatic hydroxyl groups is 2. The molecule has 10 nitrogen and oxygen atoms in total. The van der Waals surface area contributed by atoms with Crippen molar-refractivity contribution in [1.82, 2.24) is 19.9 Å². The van der Waals surface area contributed by atoms with Crippen LogP contribution in [0.1, 0.15) is 98.1 Å². The molecule has 0 aliphatic carbocycles. The summed E-state index contributed by atoms with van der Waals surface area (Å²) in [6.45, 7) is 11.1. The van der Waals surface area contributed by atoms with Crippen LogP contribution in [0.4, 0.5) is 0 Å². The molecule has 0 saturated heterocycles. The van der Waals surface area contributed by atoms with E-state index in [0.29, 0.717) is 44.9 Å². The first-order valence-corrected chi connectivity index (χ1v) is 14.7.